The summed E-state index contributed by atoms with van der Waals surface area (Å²) in [6.07, 6.45) is 0. The maximum Gasteiger partial charge on any atom is 0.181 e. The van der Waals surface area contributed by atoms with Gasteiger partial charge in [0.05, 0.1) is 78.2 Å². The van der Waals surface area contributed by atoms with Gasteiger partial charge in [-0.3, -0.25) is 0 Å². The van der Waals surface area contributed by atoms with E-state index in [9.17, 15) is 0 Å². The third kappa shape index (κ3) is 6.78. The van der Waals surface area contributed by atoms with Crippen LogP contribution in [0.5, 0.6) is 46.0 Å². The molecule has 4 aliphatic rings. The lowest BCUT2D eigenvalue weighted by molar-refractivity contribution is -0.0360. The Morgan fingerprint density at radius 1 is 0.475 bits per heavy atom. The van der Waals surface area contributed by atoms with Crippen molar-refractivity contribution < 1.29 is 56.8 Å². The van der Waals surface area contributed by atoms with Crippen LogP contribution < -0.4 is 37.9 Å². The van der Waals surface area contributed by atoms with E-state index in [2.05, 4.69) is 12.1 Å². The number of nitrogens with zero attached hydrogens (tertiary/aromatic N) is 2. The summed E-state index contributed by atoms with van der Waals surface area (Å²) in [5.41, 5.74) is 2.38. The quantitative estimate of drug-likeness (QED) is 0.117. The second kappa shape index (κ2) is 16.2. The predicted molar refractivity (Wildman–Crippen MR) is 227 cm³/mol. The van der Waals surface area contributed by atoms with Crippen LogP contribution >= 0.6 is 57.1 Å². The molecular weight excluding hydrogens is 861 g/mol. The van der Waals surface area contributed by atoms with E-state index >= 15 is 0 Å². The highest BCUT2D eigenvalue weighted by Crippen LogP contribution is 2.62. The minimum atomic E-state index is -0.451. The van der Waals surface area contributed by atoms with Gasteiger partial charge < -0.3 is 56.8 Å². The first kappa shape index (κ1) is 39.2. The summed E-state index contributed by atoms with van der Waals surface area (Å²) >= 11 is 7.44. The third-order valence-electron chi connectivity index (χ3n) is 10.5. The number of ether oxygens (including phenoxy) is 12. The van der Waals surface area contributed by atoms with Crippen molar-refractivity contribution in [3.63, 3.8) is 0 Å². The highest BCUT2D eigenvalue weighted by molar-refractivity contribution is 7.25. The summed E-state index contributed by atoms with van der Waals surface area (Å²) in [4.78, 5) is 5.42. The molecule has 59 heavy (non-hydrogen) atoms. The Bertz CT molecular complexity index is 2310. The molecule has 0 saturated carbocycles. The highest BCUT2D eigenvalue weighted by Gasteiger charge is 2.41. The van der Waals surface area contributed by atoms with Gasteiger partial charge in [0.1, 0.15) is 63.9 Å². The van der Waals surface area contributed by atoms with Gasteiger partial charge in [-0.25, -0.2) is 0 Å². The van der Waals surface area contributed by atoms with Crippen LogP contribution in [0.3, 0.4) is 0 Å². The average Bonchev–Trinajstić information content (AvgIpc) is 4.08. The molecule has 14 nitrogen and oxygen atoms in total. The minimum Gasteiger partial charge on any atom is -0.488 e. The second-order valence-corrected chi connectivity index (χ2v) is 19.1. The standard InChI is InChI=1S/C40H40N2O12S5/c1-43-13-39(14-44-2)17-51-23-11-55-35(27(23)53-19-39)37-31-29(47-7-9-49-31)33(57-37)21-5-6-22(26-25(21)41-59-42-26)34-30-32(50-10-8-48-30)38(58-34)36-28-24(12-56-36)52-18-40(15-45-3,16-46-4)20-54-28/h5-6,11-12H,7-10,13-20H2,1-4H3. The van der Waals surface area contributed by atoms with E-state index in [4.69, 9.17) is 65.6 Å². The topological polar surface area (TPSA) is 137 Å². The first-order valence-electron chi connectivity index (χ1n) is 18.8. The zero-order chi connectivity index (χ0) is 40.1. The highest BCUT2D eigenvalue weighted by atomic mass is 32.1. The normalized spacial score (nSPS) is 17.5. The Morgan fingerprint density at radius 2 is 0.847 bits per heavy atom. The monoisotopic (exact) mass is 900 g/mol. The fourth-order valence-corrected chi connectivity index (χ4v) is 13.0. The molecule has 9 heterocycles. The molecule has 0 saturated heterocycles. The van der Waals surface area contributed by atoms with Gasteiger partial charge in [0.2, 0.25) is 0 Å². The van der Waals surface area contributed by atoms with E-state index in [0.29, 0.717) is 125 Å². The molecular formula is C40H40N2O12S5. The Labute approximate surface area is 359 Å². The zero-order valence-corrected chi connectivity index (χ0v) is 36.7. The molecule has 19 heteroatoms. The first-order valence-corrected chi connectivity index (χ1v) is 22.9. The zero-order valence-electron chi connectivity index (χ0n) is 32.6. The van der Waals surface area contributed by atoms with E-state index in [1.807, 2.05) is 10.8 Å². The van der Waals surface area contributed by atoms with Crippen LogP contribution in [0.1, 0.15) is 0 Å². The number of rotatable bonds is 12. The second-order valence-electron chi connectivity index (χ2n) is 14.8. The van der Waals surface area contributed by atoms with Crippen LogP contribution in [0.4, 0.5) is 0 Å². The first-order chi connectivity index (χ1) is 29.0. The molecule has 1 aromatic carbocycles. The van der Waals surface area contributed by atoms with Crippen LogP contribution in [0.2, 0.25) is 0 Å². The SMILES string of the molecule is COCC1(COC)COc2csc(-c3sc(-c4ccc(-c5sc(-c6scc7c6OCC(COC)(COC)CO7)c6c5OCCO6)c5nsnc45)c4c3OCCO4)c2OC1. The molecule has 0 radical (unpaired) electrons. The van der Waals surface area contributed by atoms with E-state index in [0.717, 1.165) is 51.4 Å². The van der Waals surface area contributed by atoms with E-state index < -0.39 is 10.8 Å². The maximum atomic E-state index is 6.53. The molecule has 0 bridgehead atoms. The van der Waals surface area contributed by atoms with Crippen molar-refractivity contribution in [1.29, 1.82) is 0 Å². The summed E-state index contributed by atoms with van der Waals surface area (Å²) < 4.78 is 83.2. The van der Waals surface area contributed by atoms with Crippen molar-refractivity contribution in [2.75, 3.05) is 108 Å². The molecule has 5 aromatic heterocycles. The average molecular weight is 901 g/mol. The Kier molecular flexibility index (Phi) is 10.8. The van der Waals surface area contributed by atoms with Crippen molar-refractivity contribution in [3.8, 4) is 86.4 Å². The van der Waals surface area contributed by atoms with Gasteiger partial charge in [-0.05, 0) is 0 Å². The van der Waals surface area contributed by atoms with Crippen LogP contribution in [-0.2, 0) is 18.9 Å². The molecule has 0 amide bonds. The number of hydrogen-bond donors (Lipinski definition) is 0. The van der Waals surface area contributed by atoms with Crippen LogP contribution in [0, 0.1) is 10.8 Å². The number of aromatic nitrogens is 2. The summed E-state index contributed by atoms with van der Waals surface area (Å²) in [6, 6.07) is 4.17. The van der Waals surface area contributed by atoms with Crippen LogP contribution in [-0.4, -0.2) is 116 Å². The molecule has 312 valence electrons. The van der Waals surface area contributed by atoms with Gasteiger partial charge in [-0.15, -0.1) is 45.3 Å². The van der Waals surface area contributed by atoms with Gasteiger partial charge in [-0.2, -0.15) is 8.75 Å². The molecule has 6 aromatic rings. The molecule has 0 spiro atoms. The van der Waals surface area contributed by atoms with Gasteiger partial charge in [-0.1, -0.05) is 12.1 Å². The molecule has 0 unspecified atom stereocenters. The molecule has 0 fully saturated rings. The van der Waals surface area contributed by atoms with E-state index in [1.165, 1.54) is 11.7 Å². The Balaban J connectivity index is 1.02. The lowest BCUT2D eigenvalue weighted by Gasteiger charge is -2.29. The molecule has 0 N–H and O–H groups in total. The van der Waals surface area contributed by atoms with Gasteiger partial charge in [0.15, 0.2) is 46.0 Å². The van der Waals surface area contributed by atoms with Gasteiger partial charge in [0.25, 0.3) is 0 Å². The number of methoxy groups -OCH3 is 4. The van der Waals surface area contributed by atoms with Crippen LogP contribution in [0.25, 0.3) is 51.4 Å². The maximum absolute atomic E-state index is 6.53. The summed E-state index contributed by atoms with van der Waals surface area (Å²) in [5.74, 6) is 5.43. The fraction of sp³-hybridized carbons (Fsp3) is 0.450. The Hall–Kier alpha value is -3.92. The predicted octanol–water partition coefficient (Wildman–Crippen LogP) is 8.25. The molecule has 10 rings (SSSR count). The minimum absolute atomic E-state index is 0.373. The van der Waals surface area contributed by atoms with Crippen LogP contribution in [0.15, 0.2) is 22.9 Å². The summed E-state index contributed by atoms with van der Waals surface area (Å²) in [5, 5.41) is 3.97. The van der Waals surface area contributed by atoms with Crippen molar-refractivity contribution >= 4 is 68.1 Å². The lowest BCUT2D eigenvalue weighted by atomic mass is 9.92. The lowest BCUT2D eigenvalue weighted by Crippen LogP contribution is -2.42. The van der Waals surface area contributed by atoms with E-state index in [-0.39, 0.29) is 0 Å². The molecule has 4 aliphatic heterocycles. The van der Waals surface area contributed by atoms with Crippen molar-refractivity contribution in [3.05, 3.63) is 22.9 Å². The fourth-order valence-electron chi connectivity index (χ4n) is 7.87. The van der Waals surface area contributed by atoms with Crippen molar-refractivity contribution in [1.82, 2.24) is 8.75 Å². The molecule has 0 aliphatic carbocycles. The summed E-state index contributed by atoms with van der Waals surface area (Å²) in [7, 11) is 6.70. The molecule has 0 atom stereocenters. The summed E-state index contributed by atoms with van der Waals surface area (Å²) in [6.45, 7) is 5.01. The number of hydrogen-bond acceptors (Lipinski definition) is 19. The van der Waals surface area contributed by atoms with Gasteiger partial charge in [0, 0.05) is 50.3 Å². The van der Waals surface area contributed by atoms with E-state index in [1.54, 1.807) is 73.8 Å². The number of benzene rings is 1. The number of fused-ring (bicyclic) bond motifs is 5. The number of thiophene rings is 4. The third-order valence-corrected chi connectivity index (χ3v) is 15.6. The Morgan fingerprint density at radius 3 is 1.24 bits per heavy atom. The smallest absolute Gasteiger partial charge is 0.181 e. The van der Waals surface area contributed by atoms with Crippen molar-refractivity contribution in [2.24, 2.45) is 10.8 Å². The van der Waals surface area contributed by atoms with Crippen molar-refractivity contribution in [2.45, 2.75) is 0 Å². The van der Waals surface area contributed by atoms with Gasteiger partial charge >= 0.3 is 0 Å². The largest absolute Gasteiger partial charge is 0.488 e.